The highest BCUT2D eigenvalue weighted by Crippen LogP contribution is 2.24. The molecule has 0 N–H and O–H groups in total. The van der Waals surface area contributed by atoms with Crippen molar-refractivity contribution in [3.63, 3.8) is 0 Å². The van der Waals surface area contributed by atoms with Crippen molar-refractivity contribution < 1.29 is 14.3 Å². The van der Waals surface area contributed by atoms with Crippen molar-refractivity contribution in [3.05, 3.63) is 60.4 Å². The third kappa shape index (κ3) is 5.35. The third-order valence-corrected chi connectivity index (χ3v) is 4.95. The van der Waals surface area contributed by atoms with Gasteiger partial charge in [-0.25, -0.2) is 4.98 Å². The van der Waals surface area contributed by atoms with E-state index in [9.17, 15) is 4.79 Å². The summed E-state index contributed by atoms with van der Waals surface area (Å²) in [6.07, 6.45) is 5.07. The minimum Gasteiger partial charge on any atom is -0.494 e. The van der Waals surface area contributed by atoms with E-state index in [4.69, 9.17) is 4.74 Å². The maximum absolute atomic E-state index is 11.1. The zero-order chi connectivity index (χ0) is 19.8. The molecule has 0 saturated carbocycles. The number of hydrogen-bond acceptors (Lipinski definition) is 4. The second-order valence-electron chi connectivity index (χ2n) is 7.09. The average molecular weight is 380 g/mol. The number of carbonyl (C=O) groups is 1. The molecule has 3 aromatic rings. The first-order valence-electron chi connectivity index (χ1n) is 9.87. The normalized spacial score (nSPS) is 12.1. The number of aromatic nitrogens is 2. The number of rotatable bonds is 10. The molecule has 5 heteroatoms. The van der Waals surface area contributed by atoms with Crippen molar-refractivity contribution in [2.75, 3.05) is 13.7 Å². The van der Waals surface area contributed by atoms with Crippen molar-refractivity contribution in [1.29, 1.82) is 0 Å². The minimum atomic E-state index is -0.149. The molecule has 5 nitrogen and oxygen atoms in total. The Morgan fingerprint density at radius 2 is 1.93 bits per heavy atom. The van der Waals surface area contributed by atoms with Gasteiger partial charge in [0.1, 0.15) is 5.75 Å². The van der Waals surface area contributed by atoms with Crippen molar-refractivity contribution in [2.45, 2.75) is 45.1 Å². The van der Waals surface area contributed by atoms with E-state index < -0.39 is 0 Å². The predicted octanol–water partition coefficient (Wildman–Crippen LogP) is 4.95. The van der Waals surface area contributed by atoms with E-state index in [0.717, 1.165) is 42.6 Å². The average Bonchev–Trinajstić information content (AvgIpc) is 3.13. The van der Waals surface area contributed by atoms with Crippen molar-refractivity contribution in [3.8, 4) is 5.75 Å². The van der Waals surface area contributed by atoms with Crippen LogP contribution in [0.1, 0.15) is 44.1 Å². The van der Waals surface area contributed by atoms with Crippen molar-refractivity contribution in [2.24, 2.45) is 0 Å². The first kappa shape index (κ1) is 19.9. The molecule has 0 spiro atoms. The van der Waals surface area contributed by atoms with Crippen LogP contribution in [0.5, 0.6) is 5.75 Å². The summed E-state index contributed by atoms with van der Waals surface area (Å²) in [5.41, 5.74) is 3.39. The molecule has 0 aliphatic rings. The highest BCUT2D eigenvalue weighted by atomic mass is 16.5. The molecular weight excluding hydrogens is 352 g/mol. The molecule has 0 saturated heterocycles. The fraction of sp³-hybridized carbons (Fsp3) is 0.391. The second kappa shape index (κ2) is 9.93. The first-order chi connectivity index (χ1) is 13.7. The van der Waals surface area contributed by atoms with Gasteiger partial charge in [0.05, 0.1) is 31.1 Å². The van der Waals surface area contributed by atoms with Crippen LogP contribution in [-0.2, 0) is 16.1 Å². The molecule has 0 fully saturated rings. The van der Waals surface area contributed by atoms with E-state index in [1.54, 1.807) is 0 Å². The molecule has 0 radical (unpaired) electrons. The number of hydrogen-bond donors (Lipinski definition) is 0. The van der Waals surface area contributed by atoms with Gasteiger partial charge in [-0.3, -0.25) is 4.79 Å². The van der Waals surface area contributed by atoms with E-state index in [2.05, 4.69) is 51.5 Å². The summed E-state index contributed by atoms with van der Waals surface area (Å²) in [6, 6.07) is 16.6. The van der Waals surface area contributed by atoms with Gasteiger partial charge in [-0.1, -0.05) is 37.3 Å². The van der Waals surface area contributed by atoms with Crippen molar-refractivity contribution in [1.82, 2.24) is 9.55 Å². The highest BCUT2D eigenvalue weighted by Gasteiger charge is 2.10. The Bertz CT molecular complexity index is 889. The Labute approximate surface area is 166 Å². The SMILES string of the molecule is COC(=O)CCCCCOc1ccc2ncn(CC(C)c3ccccc3)c2c1. The van der Waals surface area contributed by atoms with Crippen LogP contribution >= 0.6 is 0 Å². The van der Waals surface area contributed by atoms with Gasteiger partial charge in [-0.2, -0.15) is 0 Å². The molecule has 0 bridgehead atoms. The van der Waals surface area contributed by atoms with Gasteiger partial charge >= 0.3 is 5.97 Å². The fourth-order valence-electron chi connectivity index (χ4n) is 3.29. The molecular formula is C23H28N2O3. The number of nitrogens with zero attached hydrogens (tertiary/aromatic N) is 2. The maximum Gasteiger partial charge on any atom is 0.305 e. The van der Waals surface area contributed by atoms with Gasteiger partial charge in [0.2, 0.25) is 0 Å². The zero-order valence-electron chi connectivity index (χ0n) is 16.6. The summed E-state index contributed by atoms with van der Waals surface area (Å²) < 4.78 is 12.7. The van der Waals surface area contributed by atoms with Crippen LogP contribution in [-0.4, -0.2) is 29.2 Å². The topological polar surface area (TPSA) is 53.4 Å². The van der Waals surface area contributed by atoms with E-state index in [0.29, 0.717) is 18.9 Å². The molecule has 3 rings (SSSR count). The smallest absolute Gasteiger partial charge is 0.305 e. The van der Waals surface area contributed by atoms with Gasteiger partial charge in [0.25, 0.3) is 0 Å². The summed E-state index contributed by atoms with van der Waals surface area (Å²) >= 11 is 0. The van der Waals surface area contributed by atoms with Gasteiger partial charge in [-0.05, 0) is 42.9 Å². The quantitative estimate of drug-likeness (QED) is 0.369. The standard InChI is InChI=1S/C23H28N2O3/c1-18(19-9-5-3-6-10-19)16-25-17-24-21-13-12-20(15-22(21)25)28-14-8-4-7-11-23(26)27-2/h3,5-6,9-10,12-13,15,17-18H,4,7-8,11,14,16H2,1-2H3. The lowest BCUT2D eigenvalue weighted by atomic mass is 10.0. The molecule has 1 atom stereocenters. The van der Waals surface area contributed by atoms with Crippen LogP contribution < -0.4 is 4.74 Å². The minimum absolute atomic E-state index is 0.149. The number of imidazole rings is 1. The maximum atomic E-state index is 11.1. The predicted molar refractivity (Wildman–Crippen MR) is 111 cm³/mol. The monoisotopic (exact) mass is 380 g/mol. The Balaban J connectivity index is 1.55. The molecule has 0 amide bonds. The molecule has 0 aliphatic carbocycles. The number of esters is 1. The Hall–Kier alpha value is -2.82. The third-order valence-electron chi connectivity index (χ3n) is 4.95. The molecule has 1 aromatic heterocycles. The number of fused-ring (bicyclic) bond motifs is 1. The number of unbranched alkanes of at least 4 members (excludes halogenated alkanes) is 2. The van der Waals surface area contributed by atoms with Crippen LogP contribution in [0.15, 0.2) is 54.9 Å². The number of ether oxygens (including phenoxy) is 2. The van der Waals surface area contributed by atoms with Crippen LogP contribution in [0.25, 0.3) is 11.0 Å². The van der Waals surface area contributed by atoms with Gasteiger partial charge in [0.15, 0.2) is 0 Å². The van der Waals surface area contributed by atoms with Gasteiger partial charge in [-0.15, -0.1) is 0 Å². The Kier molecular flexibility index (Phi) is 7.06. The fourth-order valence-corrected chi connectivity index (χ4v) is 3.29. The van der Waals surface area contributed by atoms with E-state index >= 15 is 0 Å². The Morgan fingerprint density at radius 3 is 2.71 bits per heavy atom. The van der Waals surface area contributed by atoms with Crippen LogP contribution in [0.3, 0.4) is 0 Å². The van der Waals surface area contributed by atoms with Crippen LogP contribution in [0, 0.1) is 0 Å². The molecule has 0 aliphatic heterocycles. The van der Waals surface area contributed by atoms with Gasteiger partial charge in [0, 0.05) is 19.0 Å². The van der Waals surface area contributed by atoms with Crippen molar-refractivity contribution >= 4 is 17.0 Å². The molecule has 2 aromatic carbocycles. The first-order valence-corrected chi connectivity index (χ1v) is 9.87. The summed E-state index contributed by atoms with van der Waals surface area (Å²) in [5.74, 6) is 1.11. The van der Waals surface area contributed by atoms with Gasteiger partial charge < -0.3 is 14.0 Å². The summed E-state index contributed by atoms with van der Waals surface area (Å²) in [7, 11) is 1.42. The summed E-state index contributed by atoms with van der Waals surface area (Å²) in [4.78, 5) is 15.6. The molecule has 1 unspecified atom stereocenters. The van der Waals surface area contributed by atoms with Crippen LogP contribution in [0.2, 0.25) is 0 Å². The summed E-state index contributed by atoms with van der Waals surface area (Å²) in [5, 5.41) is 0. The van der Waals surface area contributed by atoms with E-state index in [-0.39, 0.29) is 5.97 Å². The number of methoxy groups -OCH3 is 1. The molecule has 148 valence electrons. The zero-order valence-corrected chi connectivity index (χ0v) is 16.6. The van der Waals surface area contributed by atoms with Crippen LogP contribution in [0.4, 0.5) is 0 Å². The molecule has 1 heterocycles. The summed E-state index contributed by atoms with van der Waals surface area (Å²) in [6.45, 7) is 3.74. The largest absolute Gasteiger partial charge is 0.494 e. The van der Waals surface area contributed by atoms with E-state index in [1.165, 1.54) is 12.7 Å². The lowest BCUT2D eigenvalue weighted by Gasteiger charge is -2.14. The lowest BCUT2D eigenvalue weighted by molar-refractivity contribution is -0.140. The highest BCUT2D eigenvalue weighted by molar-refractivity contribution is 5.77. The van der Waals surface area contributed by atoms with E-state index in [1.807, 2.05) is 24.5 Å². The molecule has 28 heavy (non-hydrogen) atoms. The number of benzene rings is 2. The number of carbonyl (C=O) groups excluding carboxylic acids is 1. The lowest BCUT2D eigenvalue weighted by Crippen LogP contribution is -2.05. The second-order valence-corrected chi connectivity index (χ2v) is 7.09. The Morgan fingerprint density at radius 1 is 1.11 bits per heavy atom.